The Kier molecular flexibility index (Phi) is 2.85. The topological polar surface area (TPSA) is 89.0 Å². The van der Waals surface area contributed by atoms with Crippen LogP contribution in [0.3, 0.4) is 0 Å². The van der Waals surface area contributed by atoms with Crippen LogP contribution in [0.5, 0.6) is 5.75 Å². The average Bonchev–Trinajstić information content (AvgIpc) is 2.20. The fourth-order valence-corrected chi connectivity index (χ4v) is 1.25. The van der Waals surface area contributed by atoms with Crippen LogP contribution in [-0.2, 0) is 0 Å². The molecule has 0 N–H and O–H groups in total. The summed E-state index contributed by atoms with van der Waals surface area (Å²) in [7, 11) is 1.28. The van der Waals surface area contributed by atoms with Crippen molar-refractivity contribution in [3.05, 3.63) is 27.1 Å². The molecular formula is C9H9N3O3. The summed E-state index contributed by atoms with van der Waals surface area (Å²) >= 11 is 0. The zero-order valence-corrected chi connectivity index (χ0v) is 8.57. The van der Waals surface area contributed by atoms with Gasteiger partial charge in [-0.3, -0.25) is 10.1 Å². The minimum absolute atomic E-state index is 0.0627. The van der Waals surface area contributed by atoms with Crippen molar-refractivity contribution in [2.24, 2.45) is 0 Å². The molecule has 0 aliphatic heterocycles. The molecular weight excluding hydrogens is 198 g/mol. The molecule has 0 atom stereocenters. The van der Waals surface area contributed by atoms with Gasteiger partial charge in [-0.05, 0) is 13.8 Å². The van der Waals surface area contributed by atoms with E-state index in [1.807, 2.05) is 0 Å². The standard InChI is InChI=1S/C9H9N3O3/c1-5-6(2)11-7(4-10)9(15-3)8(5)12(13)14/h1-3H3. The Labute approximate surface area is 86.3 Å². The molecule has 1 aromatic rings. The van der Waals surface area contributed by atoms with E-state index >= 15 is 0 Å². The third-order valence-corrected chi connectivity index (χ3v) is 2.10. The van der Waals surface area contributed by atoms with E-state index in [2.05, 4.69) is 4.98 Å². The summed E-state index contributed by atoms with van der Waals surface area (Å²) < 4.78 is 4.84. The average molecular weight is 207 g/mol. The monoisotopic (exact) mass is 207 g/mol. The zero-order valence-electron chi connectivity index (χ0n) is 8.57. The van der Waals surface area contributed by atoms with Crippen molar-refractivity contribution in [2.45, 2.75) is 13.8 Å². The van der Waals surface area contributed by atoms with E-state index in [1.165, 1.54) is 7.11 Å². The lowest BCUT2D eigenvalue weighted by Gasteiger charge is -2.07. The molecule has 0 spiro atoms. The van der Waals surface area contributed by atoms with E-state index in [1.54, 1.807) is 19.9 Å². The summed E-state index contributed by atoms with van der Waals surface area (Å²) in [5.41, 5.74) is 0.615. The second kappa shape index (κ2) is 3.92. The molecule has 0 bridgehead atoms. The number of nitriles is 1. The van der Waals surface area contributed by atoms with E-state index in [0.717, 1.165) is 0 Å². The quantitative estimate of drug-likeness (QED) is 0.541. The molecule has 0 fully saturated rings. The van der Waals surface area contributed by atoms with E-state index in [0.29, 0.717) is 11.3 Å². The number of methoxy groups -OCH3 is 1. The zero-order chi connectivity index (χ0) is 11.6. The number of pyridine rings is 1. The number of aromatic nitrogens is 1. The Morgan fingerprint density at radius 2 is 2.13 bits per heavy atom. The van der Waals surface area contributed by atoms with Gasteiger partial charge in [0, 0.05) is 5.69 Å². The maximum absolute atomic E-state index is 10.8. The van der Waals surface area contributed by atoms with Crippen LogP contribution >= 0.6 is 0 Å². The second-order valence-corrected chi connectivity index (χ2v) is 2.92. The molecule has 1 rings (SSSR count). The number of ether oxygens (including phenoxy) is 1. The Bertz CT molecular complexity index is 463. The van der Waals surface area contributed by atoms with Crippen molar-refractivity contribution < 1.29 is 9.66 Å². The van der Waals surface area contributed by atoms with Gasteiger partial charge in [-0.15, -0.1) is 0 Å². The normalized spacial score (nSPS) is 9.47. The lowest BCUT2D eigenvalue weighted by atomic mass is 10.1. The van der Waals surface area contributed by atoms with Crippen LogP contribution in [0.15, 0.2) is 0 Å². The van der Waals surface area contributed by atoms with Crippen LogP contribution in [0.1, 0.15) is 17.0 Å². The predicted octanol–water partition coefficient (Wildman–Crippen LogP) is 1.49. The molecule has 0 aromatic carbocycles. The number of rotatable bonds is 2. The number of hydrogen-bond donors (Lipinski definition) is 0. The summed E-state index contributed by atoms with van der Waals surface area (Å²) in [5, 5.41) is 19.6. The molecule has 0 amide bonds. The molecule has 0 aliphatic rings. The molecule has 0 saturated carbocycles. The highest BCUT2D eigenvalue weighted by atomic mass is 16.6. The van der Waals surface area contributed by atoms with Gasteiger partial charge in [0.2, 0.25) is 5.75 Å². The summed E-state index contributed by atoms with van der Waals surface area (Å²) in [5.74, 6) is -0.0781. The van der Waals surface area contributed by atoms with Gasteiger partial charge in [-0.1, -0.05) is 0 Å². The van der Waals surface area contributed by atoms with E-state index in [-0.39, 0.29) is 17.1 Å². The molecule has 0 unspecified atom stereocenters. The van der Waals surface area contributed by atoms with Gasteiger partial charge in [0.15, 0.2) is 5.69 Å². The molecule has 15 heavy (non-hydrogen) atoms. The molecule has 0 aliphatic carbocycles. The maximum atomic E-state index is 10.8. The number of aryl methyl sites for hydroxylation is 1. The van der Waals surface area contributed by atoms with Crippen LogP contribution in [0.2, 0.25) is 0 Å². The van der Waals surface area contributed by atoms with Gasteiger partial charge >= 0.3 is 5.69 Å². The van der Waals surface area contributed by atoms with Crippen molar-refractivity contribution in [2.75, 3.05) is 7.11 Å². The van der Waals surface area contributed by atoms with Crippen LogP contribution in [0.4, 0.5) is 5.69 Å². The Morgan fingerprint density at radius 1 is 1.53 bits per heavy atom. The molecule has 78 valence electrons. The van der Waals surface area contributed by atoms with Crippen LogP contribution in [0.25, 0.3) is 0 Å². The number of nitro groups is 1. The maximum Gasteiger partial charge on any atom is 0.318 e. The van der Waals surface area contributed by atoms with Gasteiger partial charge < -0.3 is 4.74 Å². The van der Waals surface area contributed by atoms with Crippen molar-refractivity contribution in [1.29, 1.82) is 5.26 Å². The molecule has 6 heteroatoms. The van der Waals surface area contributed by atoms with E-state index < -0.39 is 4.92 Å². The highest BCUT2D eigenvalue weighted by molar-refractivity contribution is 5.59. The van der Waals surface area contributed by atoms with E-state index in [9.17, 15) is 10.1 Å². The molecule has 1 heterocycles. The van der Waals surface area contributed by atoms with Gasteiger partial charge in [0.25, 0.3) is 0 Å². The summed E-state index contributed by atoms with van der Waals surface area (Å²) in [4.78, 5) is 14.2. The van der Waals surface area contributed by atoms with Crippen LogP contribution in [0, 0.1) is 35.3 Å². The van der Waals surface area contributed by atoms with Crippen molar-refractivity contribution in [3.63, 3.8) is 0 Å². The lowest BCUT2D eigenvalue weighted by molar-refractivity contribution is -0.386. The molecule has 0 saturated heterocycles. The molecule has 1 aromatic heterocycles. The molecule has 6 nitrogen and oxygen atoms in total. The molecule has 0 radical (unpaired) electrons. The van der Waals surface area contributed by atoms with Crippen LogP contribution < -0.4 is 4.74 Å². The highest BCUT2D eigenvalue weighted by Gasteiger charge is 2.25. The minimum Gasteiger partial charge on any atom is -0.488 e. The van der Waals surface area contributed by atoms with Crippen LogP contribution in [-0.4, -0.2) is 17.0 Å². The third kappa shape index (κ3) is 1.72. The largest absolute Gasteiger partial charge is 0.488 e. The van der Waals surface area contributed by atoms with Gasteiger partial charge in [-0.25, -0.2) is 4.98 Å². The first-order chi connectivity index (χ1) is 7.02. The summed E-state index contributed by atoms with van der Waals surface area (Å²) in [6, 6.07) is 1.77. The lowest BCUT2D eigenvalue weighted by Crippen LogP contribution is -2.03. The van der Waals surface area contributed by atoms with Gasteiger partial charge in [-0.2, -0.15) is 5.26 Å². The fourth-order valence-electron chi connectivity index (χ4n) is 1.25. The number of nitrogens with zero attached hydrogens (tertiary/aromatic N) is 3. The smallest absolute Gasteiger partial charge is 0.318 e. The first-order valence-electron chi connectivity index (χ1n) is 4.12. The Balaban J connectivity index is 3.66. The van der Waals surface area contributed by atoms with Gasteiger partial charge in [0.05, 0.1) is 17.6 Å². The first kappa shape index (κ1) is 10.9. The van der Waals surface area contributed by atoms with Crippen molar-refractivity contribution in [1.82, 2.24) is 4.98 Å². The minimum atomic E-state index is -0.566. The Morgan fingerprint density at radius 3 is 2.53 bits per heavy atom. The predicted molar refractivity (Wildman–Crippen MR) is 51.6 cm³/mol. The van der Waals surface area contributed by atoms with Crippen molar-refractivity contribution in [3.8, 4) is 11.8 Å². The second-order valence-electron chi connectivity index (χ2n) is 2.92. The Hall–Kier alpha value is -2.16. The number of hydrogen-bond acceptors (Lipinski definition) is 5. The van der Waals surface area contributed by atoms with Crippen molar-refractivity contribution >= 4 is 5.69 Å². The fraction of sp³-hybridized carbons (Fsp3) is 0.333. The highest BCUT2D eigenvalue weighted by Crippen LogP contribution is 2.33. The first-order valence-corrected chi connectivity index (χ1v) is 4.12. The third-order valence-electron chi connectivity index (χ3n) is 2.10. The van der Waals surface area contributed by atoms with Gasteiger partial charge in [0.1, 0.15) is 6.07 Å². The van der Waals surface area contributed by atoms with E-state index in [4.69, 9.17) is 10.00 Å². The summed E-state index contributed by atoms with van der Waals surface area (Å²) in [6.45, 7) is 3.19. The summed E-state index contributed by atoms with van der Waals surface area (Å²) in [6.07, 6.45) is 0. The SMILES string of the molecule is COc1c(C#N)nc(C)c(C)c1[N+](=O)[O-].